The van der Waals surface area contributed by atoms with Gasteiger partial charge in [-0.05, 0) is 52.7 Å². The Morgan fingerprint density at radius 2 is 1.16 bits per heavy atom. The van der Waals surface area contributed by atoms with E-state index < -0.39 is 0 Å². The number of hydrogen-bond acceptors (Lipinski definition) is 3. The van der Waals surface area contributed by atoms with Crippen LogP contribution in [0.15, 0.2) is 84.9 Å². The van der Waals surface area contributed by atoms with Crippen molar-refractivity contribution in [2.24, 2.45) is 23.7 Å². The summed E-state index contributed by atoms with van der Waals surface area (Å²) in [5.74, 6) is -0.214. The molecule has 2 bridgehead atoms. The first-order valence-corrected chi connectivity index (χ1v) is 11.1. The van der Waals surface area contributed by atoms with Gasteiger partial charge in [-0.15, -0.1) is 0 Å². The number of benzene rings is 3. The molecule has 3 aromatic rings. The molecule has 4 atom stereocenters. The van der Waals surface area contributed by atoms with Crippen LogP contribution in [0.25, 0.3) is 11.1 Å². The van der Waals surface area contributed by atoms with Gasteiger partial charge < -0.3 is 4.74 Å². The second-order valence-corrected chi connectivity index (χ2v) is 8.74. The van der Waals surface area contributed by atoms with Crippen LogP contribution in [0, 0.1) is 23.7 Å². The van der Waals surface area contributed by atoms with Crippen LogP contribution in [0.5, 0.6) is 5.75 Å². The summed E-state index contributed by atoms with van der Waals surface area (Å²) in [5.41, 5.74) is 5.29. The minimum Gasteiger partial charge on any atom is -0.495 e. The molecule has 4 heteroatoms. The first-order valence-electron chi connectivity index (χ1n) is 11.1. The number of fused-ring (bicyclic) bond motifs is 5. The number of allylic oxidation sites excluding steroid dienone is 2. The van der Waals surface area contributed by atoms with Crippen LogP contribution in [0.2, 0.25) is 0 Å². The lowest BCUT2D eigenvalue weighted by molar-refractivity contribution is -0.123. The second kappa shape index (κ2) is 7.20. The Kier molecular flexibility index (Phi) is 4.29. The second-order valence-electron chi connectivity index (χ2n) is 8.74. The average molecular weight is 421 g/mol. The average Bonchev–Trinajstić information content (AvgIpc) is 3.49. The van der Waals surface area contributed by atoms with Gasteiger partial charge in [-0.1, -0.05) is 72.8 Å². The Morgan fingerprint density at radius 3 is 1.66 bits per heavy atom. The minimum absolute atomic E-state index is 0.0405. The third-order valence-corrected chi connectivity index (χ3v) is 7.30. The van der Waals surface area contributed by atoms with Crippen molar-refractivity contribution in [3.8, 4) is 5.75 Å². The van der Waals surface area contributed by atoms with Crippen molar-refractivity contribution in [1.29, 1.82) is 0 Å². The van der Waals surface area contributed by atoms with Crippen LogP contribution in [-0.4, -0.2) is 18.9 Å². The lowest BCUT2D eigenvalue weighted by atomic mass is 9.73. The number of rotatable bonds is 4. The molecule has 2 amide bonds. The smallest absolute Gasteiger partial charge is 0.238 e. The highest BCUT2D eigenvalue weighted by atomic mass is 16.5. The molecule has 6 rings (SSSR count). The predicted molar refractivity (Wildman–Crippen MR) is 124 cm³/mol. The number of nitrogens with zero attached hydrogens (tertiary/aromatic N) is 1. The van der Waals surface area contributed by atoms with Crippen LogP contribution in [0.1, 0.15) is 17.5 Å². The Balaban J connectivity index is 1.50. The lowest BCUT2D eigenvalue weighted by Crippen LogP contribution is -2.33. The highest BCUT2D eigenvalue weighted by Gasteiger charge is 2.64. The molecule has 2 aliphatic carbocycles. The predicted octanol–water partition coefficient (Wildman–Crippen LogP) is 5.06. The first kappa shape index (κ1) is 19.1. The maximum absolute atomic E-state index is 13.7. The normalized spacial score (nSPS) is 26.1. The largest absolute Gasteiger partial charge is 0.495 e. The highest BCUT2D eigenvalue weighted by Crippen LogP contribution is 2.64. The Hall–Kier alpha value is -3.66. The zero-order chi connectivity index (χ0) is 21.8. The van der Waals surface area contributed by atoms with Crippen LogP contribution in [0.4, 0.5) is 5.69 Å². The molecule has 32 heavy (non-hydrogen) atoms. The number of para-hydroxylation sites is 2. The molecule has 1 saturated heterocycles. The van der Waals surface area contributed by atoms with E-state index in [1.807, 2.05) is 48.5 Å². The summed E-state index contributed by atoms with van der Waals surface area (Å²) in [5, 5.41) is 0. The van der Waals surface area contributed by atoms with Crippen molar-refractivity contribution in [2.75, 3.05) is 12.0 Å². The van der Waals surface area contributed by atoms with E-state index in [0.29, 0.717) is 11.4 Å². The zero-order valence-corrected chi connectivity index (χ0v) is 17.8. The fraction of sp³-hybridized carbons (Fsp3) is 0.214. The van der Waals surface area contributed by atoms with E-state index in [-0.39, 0.29) is 35.5 Å². The molecule has 2 fully saturated rings. The molecule has 0 aromatic heterocycles. The summed E-state index contributed by atoms with van der Waals surface area (Å²) in [7, 11) is 1.57. The van der Waals surface area contributed by atoms with E-state index in [1.165, 1.54) is 16.0 Å². The van der Waals surface area contributed by atoms with E-state index in [9.17, 15) is 9.59 Å². The van der Waals surface area contributed by atoms with Gasteiger partial charge >= 0.3 is 0 Å². The maximum Gasteiger partial charge on any atom is 0.238 e. The molecular weight excluding hydrogens is 398 g/mol. The monoisotopic (exact) mass is 421 g/mol. The standard InChI is InChI=1S/C28H23NO3/c1-32-22-15-9-8-14-21(22)29-27(30)25-19-16-20(26(25)28(29)31)24(18-12-6-3-7-13-18)23(19)17-10-4-2-5-11-17/h2-15,19-20,25-26H,16H2,1H3. The molecule has 0 N–H and O–H groups in total. The number of methoxy groups -OCH3 is 1. The van der Waals surface area contributed by atoms with Gasteiger partial charge in [0, 0.05) is 0 Å². The van der Waals surface area contributed by atoms with Gasteiger partial charge in [0.25, 0.3) is 0 Å². The quantitative estimate of drug-likeness (QED) is 0.553. The van der Waals surface area contributed by atoms with E-state index in [1.54, 1.807) is 19.2 Å². The van der Waals surface area contributed by atoms with Crippen molar-refractivity contribution < 1.29 is 14.3 Å². The summed E-state index contributed by atoms with van der Waals surface area (Å²) in [6.45, 7) is 0. The van der Waals surface area contributed by atoms with Gasteiger partial charge in [0.1, 0.15) is 5.75 Å². The number of amides is 2. The number of imide groups is 1. The molecule has 1 heterocycles. The van der Waals surface area contributed by atoms with Crippen molar-refractivity contribution in [3.63, 3.8) is 0 Å². The number of carbonyl (C=O) groups excluding carboxylic acids is 2. The fourth-order valence-electron chi connectivity index (χ4n) is 6.15. The Labute approximate surface area is 187 Å². The summed E-state index contributed by atoms with van der Waals surface area (Å²) in [6, 6.07) is 27.9. The Bertz CT molecular complexity index is 1170. The molecule has 4 unspecified atom stereocenters. The summed E-state index contributed by atoms with van der Waals surface area (Å²) >= 11 is 0. The minimum atomic E-state index is -0.319. The number of carbonyl (C=O) groups is 2. The van der Waals surface area contributed by atoms with Crippen LogP contribution < -0.4 is 9.64 Å². The summed E-state index contributed by atoms with van der Waals surface area (Å²) < 4.78 is 5.47. The fourth-order valence-corrected chi connectivity index (χ4v) is 6.15. The SMILES string of the molecule is COc1ccccc1N1C(=O)C2C3CC(C(c4ccccc4)=C3c3ccccc3)C2C1=O. The van der Waals surface area contributed by atoms with Gasteiger partial charge in [0.2, 0.25) is 11.8 Å². The van der Waals surface area contributed by atoms with Crippen molar-refractivity contribution >= 4 is 28.6 Å². The molecule has 1 aliphatic heterocycles. The third kappa shape index (κ3) is 2.56. The van der Waals surface area contributed by atoms with Gasteiger partial charge in [0.05, 0.1) is 24.6 Å². The lowest BCUT2D eigenvalue weighted by Gasteiger charge is -2.27. The van der Waals surface area contributed by atoms with Gasteiger partial charge in [0.15, 0.2) is 0 Å². The first-order chi connectivity index (χ1) is 15.7. The number of ether oxygens (including phenoxy) is 1. The summed E-state index contributed by atoms with van der Waals surface area (Å²) in [6.07, 6.45) is 0.848. The van der Waals surface area contributed by atoms with E-state index in [4.69, 9.17) is 4.74 Å². The Morgan fingerprint density at radius 1 is 0.688 bits per heavy atom. The number of anilines is 1. The molecule has 0 radical (unpaired) electrons. The zero-order valence-electron chi connectivity index (χ0n) is 17.8. The van der Waals surface area contributed by atoms with Crippen LogP contribution >= 0.6 is 0 Å². The third-order valence-electron chi connectivity index (χ3n) is 7.30. The van der Waals surface area contributed by atoms with E-state index >= 15 is 0 Å². The summed E-state index contributed by atoms with van der Waals surface area (Å²) in [4.78, 5) is 28.8. The molecule has 0 spiro atoms. The molecule has 158 valence electrons. The molecule has 1 saturated carbocycles. The van der Waals surface area contributed by atoms with E-state index in [0.717, 1.165) is 17.5 Å². The number of hydrogen-bond donors (Lipinski definition) is 0. The molecule has 4 nitrogen and oxygen atoms in total. The highest BCUT2D eigenvalue weighted by molar-refractivity contribution is 6.25. The van der Waals surface area contributed by atoms with Crippen molar-refractivity contribution in [3.05, 3.63) is 96.1 Å². The van der Waals surface area contributed by atoms with Crippen LogP contribution in [0.3, 0.4) is 0 Å². The molecular formula is C28H23NO3. The van der Waals surface area contributed by atoms with Crippen molar-refractivity contribution in [2.45, 2.75) is 6.42 Å². The topological polar surface area (TPSA) is 46.6 Å². The molecule has 3 aromatic carbocycles. The van der Waals surface area contributed by atoms with Crippen LogP contribution in [-0.2, 0) is 9.59 Å². The van der Waals surface area contributed by atoms with Gasteiger partial charge in [-0.25, -0.2) is 4.90 Å². The van der Waals surface area contributed by atoms with Gasteiger partial charge in [-0.3, -0.25) is 9.59 Å². The van der Waals surface area contributed by atoms with Gasteiger partial charge in [-0.2, -0.15) is 0 Å². The molecule has 3 aliphatic rings. The van der Waals surface area contributed by atoms with E-state index in [2.05, 4.69) is 24.3 Å². The maximum atomic E-state index is 13.7. The van der Waals surface area contributed by atoms with Crippen molar-refractivity contribution in [1.82, 2.24) is 0 Å².